The van der Waals surface area contributed by atoms with E-state index in [2.05, 4.69) is 41.2 Å². The molecule has 0 aliphatic carbocycles. The fourth-order valence-electron chi connectivity index (χ4n) is 1.32. The second-order valence-corrected chi connectivity index (χ2v) is 5.44. The average Bonchev–Trinajstić information content (AvgIpc) is 2.14. The maximum atomic E-state index is 11.3. The van der Waals surface area contributed by atoms with Gasteiger partial charge in [0, 0.05) is 4.47 Å². The molecule has 4 heteroatoms. The van der Waals surface area contributed by atoms with Gasteiger partial charge in [0.25, 0.3) is 0 Å². The lowest BCUT2D eigenvalue weighted by Gasteiger charge is -2.20. The van der Waals surface area contributed by atoms with Crippen LogP contribution in [0.3, 0.4) is 0 Å². The van der Waals surface area contributed by atoms with E-state index >= 15 is 0 Å². The van der Waals surface area contributed by atoms with Crippen molar-refractivity contribution in [1.29, 1.82) is 0 Å². The van der Waals surface area contributed by atoms with Crippen LogP contribution in [-0.4, -0.2) is 5.97 Å². The van der Waals surface area contributed by atoms with Crippen LogP contribution in [-0.2, 0) is 9.94 Å². The van der Waals surface area contributed by atoms with Crippen molar-refractivity contribution in [3.63, 3.8) is 0 Å². The van der Waals surface area contributed by atoms with Gasteiger partial charge in [0.05, 0.1) is 15.0 Å². The first-order valence-electron chi connectivity index (χ1n) is 4.57. The number of benzene rings is 1. The van der Waals surface area contributed by atoms with Crippen LogP contribution in [0.1, 0.15) is 36.7 Å². The quantitative estimate of drug-likeness (QED) is 0.737. The van der Waals surface area contributed by atoms with Crippen molar-refractivity contribution in [2.24, 2.45) is 0 Å². The predicted octanol–water partition coefficient (Wildman–Crippen LogP) is 3.69. The van der Waals surface area contributed by atoms with Crippen LogP contribution in [0.5, 0.6) is 0 Å². The van der Waals surface area contributed by atoms with Crippen molar-refractivity contribution in [3.8, 4) is 0 Å². The first-order chi connectivity index (χ1) is 6.86. The first kappa shape index (κ1) is 12.7. The zero-order valence-corrected chi connectivity index (χ0v) is 11.7. The average molecular weight is 289 g/mol. The van der Waals surface area contributed by atoms with Crippen molar-refractivity contribution in [3.05, 3.63) is 33.8 Å². The molecule has 0 saturated heterocycles. The van der Waals surface area contributed by atoms with Crippen molar-refractivity contribution in [2.45, 2.75) is 26.2 Å². The summed E-state index contributed by atoms with van der Waals surface area (Å²) in [6, 6.07) is 5.51. The molecule has 0 aliphatic heterocycles. The van der Waals surface area contributed by atoms with Gasteiger partial charge in [-0.25, -0.2) is 4.79 Å². The summed E-state index contributed by atoms with van der Waals surface area (Å²) < 4.78 is 5.51. The highest BCUT2D eigenvalue weighted by atomic mass is 79.9. The van der Waals surface area contributed by atoms with E-state index in [-0.39, 0.29) is 11.4 Å². The molecule has 1 atom stereocenters. The molecular weight excluding hydrogens is 275 g/mol. The van der Waals surface area contributed by atoms with Crippen molar-refractivity contribution < 1.29 is 9.32 Å². The Bertz CT molecular complexity index is 383. The first-order valence-corrected chi connectivity index (χ1v) is 5.84. The Morgan fingerprint density at radius 2 is 2.00 bits per heavy atom. The number of hydrogen-bond acceptors (Lipinski definition) is 2. The van der Waals surface area contributed by atoms with Gasteiger partial charge in [-0.2, -0.15) is 0 Å². The third-order valence-electron chi connectivity index (χ3n) is 2.12. The SMILES string of the molecule is CC(C)(C)c1ccc(C(=O)OP)cc1Br. The van der Waals surface area contributed by atoms with Crippen molar-refractivity contribution >= 4 is 31.4 Å². The molecule has 1 rings (SSSR count). The van der Waals surface area contributed by atoms with Crippen molar-refractivity contribution in [2.75, 3.05) is 0 Å². The molecule has 2 nitrogen and oxygen atoms in total. The summed E-state index contributed by atoms with van der Waals surface area (Å²) in [4.78, 5) is 11.3. The summed E-state index contributed by atoms with van der Waals surface area (Å²) in [6.07, 6.45) is 0. The van der Waals surface area contributed by atoms with Gasteiger partial charge in [-0.05, 0) is 23.1 Å². The van der Waals surface area contributed by atoms with Crippen molar-refractivity contribution in [1.82, 2.24) is 0 Å². The molecule has 82 valence electrons. The minimum atomic E-state index is -0.346. The minimum Gasteiger partial charge on any atom is -0.448 e. The second-order valence-electron chi connectivity index (χ2n) is 4.35. The molecule has 0 aromatic heterocycles. The number of carbonyl (C=O) groups is 1. The van der Waals surface area contributed by atoms with Gasteiger partial charge < -0.3 is 4.52 Å². The Morgan fingerprint density at radius 1 is 1.40 bits per heavy atom. The molecule has 0 saturated carbocycles. The zero-order valence-electron chi connectivity index (χ0n) is 9.00. The maximum absolute atomic E-state index is 11.3. The van der Waals surface area contributed by atoms with E-state index in [9.17, 15) is 4.79 Å². The third-order valence-corrected chi connectivity index (χ3v) is 2.99. The predicted molar refractivity (Wildman–Crippen MR) is 68.0 cm³/mol. The van der Waals surface area contributed by atoms with Gasteiger partial charge in [-0.3, -0.25) is 0 Å². The Hall–Kier alpha value is -0.400. The number of hydrogen-bond donors (Lipinski definition) is 0. The summed E-state index contributed by atoms with van der Waals surface area (Å²) in [6.45, 7) is 6.38. The van der Waals surface area contributed by atoms with Crippen LogP contribution in [0.15, 0.2) is 22.7 Å². The molecule has 1 aromatic rings. The highest BCUT2D eigenvalue weighted by molar-refractivity contribution is 9.10. The highest BCUT2D eigenvalue weighted by Gasteiger charge is 2.18. The Balaban J connectivity index is 3.15. The van der Waals surface area contributed by atoms with E-state index in [1.165, 1.54) is 5.56 Å². The van der Waals surface area contributed by atoms with E-state index in [0.29, 0.717) is 5.56 Å². The van der Waals surface area contributed by atoms with Crippen LogP contribution in [0.25, 0.3) is 0 Å². The highest BCUT2D eigenvalue weighted by Crippen LogP contribution is 2.30. The van der Waals surface area contributed by atoms with E-state index in [0.717, 1.165) is 4.47 Å². The molecule has 1 unspecified atom stereocenters. The van der Waals surface area contributed by atoms with Crippen LogP contribution >= 0.6 is 25.4 Å². The standard InChI is InChI=1S/C11H14BrO2P/c1-11(2,3)8-5-4-7(6-9(8)12)10(13)14-15/h4-6H,15H2,1-3H3. The lowest BCUT2D eigenvalue weighted by atomic mass is 9.87. The summed E-state index contributed by atoms with van der Waals surface area (Å²) in [5.41, 5.74) is 1.77. The normalized spacial score (nSPS) is 11.3. The molecule has 15 heavy (non-hydrogen) atoms. The Morgan fingerprint density at radius 3 is 2.40 bits per heavy atom. The fraction of sp³-hybridized carbons (Fsp3) is 0.364. The lowest BCUT2D eigenvalue weighted by Crippen LogP contribution is -2.12. The molecule has 0 amide bonds. The molecule has 1 aromatic carbocycles. The van der Waals surface area contributed by atoms with E-state index in [1.807, 2.05) is 15.5 Å². The summed E-state index contributed by atoms with van der Waals surface area (Å²) in [7, 11) is 1.95. The fourth-order valence-corrected chi connectivity index (χ4v) is 2.43. The van der Waals surface area contributed by atoms with E-state index < -0.39 is 0 Å². The van der Waals surface area contributed by atoms with Crippen LogP contribution < -0.4 is 0 Å². The summed E-state index contributed by atoms with van der Waals surface area (Å²) in [5, 5.41) is 0. The van der Waals surface area contributed by atoms with E-state index in [1.54, 1.807) is 12.1 Å². The Labute approximate surface area is 101 Å². The largest absolute Gasteiger partial charge is 0.448 e. The number of halogens is 1. The van der Waals surface area contributed by atoms with Gasteiger partial charge in [0.2, 0.25) is 0 Å². The molecule has 0 heterocycles. The summed E-state index contributed by atoms with van der Waals surface area (Å²) >= 11 is 3.47. The number of carbonyl (C=O) groups excluding carboxylic acids is 1. The minimum absolute atomic E-state index is 0.0578. The van der Waals surface area contributed by atoms with Gasteiger partial charge >= 0.3 is 5.97 Å². The molecule has 0 spiro atoms. The maximum Gasteiger partial charge on any atom is 0.340 e. The summed E-state index contributed by atoms with van der Waals surface area (Å²) in [5.74, 6) is -0.346. The Kier molecular flexibility index (Phi) is 3.91. The molecular formula is C11H14BrO2P. The van der Waals surface area contributed by atoms with Gasteiger partial charge in [0.1, 0.15) is 0 Å². The lowest BCUT2D eigenvalue weighted by molar-refractivity contribution is 0.0765. The van der Waals surface area contributed by atoms with Crippen LogP contribution in [0, 0.1) is 0 Å². The van der Waals surface area contributed by atoms with Gasteiger partial charge in [-0.1, -0.05) is 42.8 Å². The zero-order chi connectivity index (χ0) is 11.6. The van der Waals surface area contributed by atoms with Crippen LogP contribution in [0.4, 0.5) is 0 Å². The molecule has 0 aliphatic rings. The third kappa shape index (κ3) is 3.02. The van der Waals surface area contributed by atoms with Crippen LogP contribution in [0.2, 0.25) is 0 Å². The molecule has 0 bridgehead atoms. The number of rotatable bonds is 1. The topological polar surface area (TPSA) is 26.3 Å². The smallest absolute Gasteiger partial charge is 0.340 e. The van der Waals surface area contributed by atoms with E-state index in [4.69, 9.17) is 0 Å². The molecule has 0 fully saturated rings. The molecule has 0 radical (unpaired) electrons. The monoisotopic (exact) mass is 288 g/mol. The van der Waals surface area contributed by atoms with Gasteiger partial charge in [-0.15, -0.1) is 0 Å². The van der Waals surface area contributed by atoms with Gasteiger partial charge in [0.15, 0.2) is 0 Å². The molecule has 0 N–H and O–H groups in total. The second kappa shape index (κ2) is 4.63.